The molecule has 0 aliphatic rings. The zero-order valence-electron chi connectivity index (χ0n) is 22.0. The van der Waals surface area contributed by atoms with Gasteiger partial charge >= 0.3 is 0 Å². The normalized spacial score (nSPS) is 10.8. The maximum atomic E-state index is 13.0. The summed E-state index contributed by atoms with van der Waals surface area (Å²) in [5.41, 5.74) is 3.15. The molecule has 3 aromatic carbocycles. The fraction of sp³-hybridized carbons (Fsp3) is 0.167. The van der Waals surface area contributed by atoms with E-state index in [0.29, 0.717) is 29.4 Å². The summed E-state index contributed by atoms with van der Waals surface area (Å²) in [6.07, 6.45) is 0. The predicted octanol–water partition coefficient (Wildman–Crippen LogP) is 7.24. The van der Waals surface area contributed by atoms with Crippen molar-refractivity contribution < 1.29 is 23.4 Å². The summed E-state index contributed by atoms with van der Waals surface area (Å²) in [6.45, 7) is 2.53. The number of amides is 1. The monoisotopic (exact) mass is 571 g/mol. The summed E-state index contributed by atoms with van der Waals surface area (Å²) in [5, 5.41) is 12.9. The van der Waals surface area contributed by atoms with Crippen LogP contribution in [0.1, 0.15) is 12.5 Å². The molecular formula is C30H25N3O5S2. The van der Waals surface area contributed by atoms with Crippen LogP contribution >= 0.6 is 23.1 Å². The van der Waals surface area contributed by atoms with E-state index in [2.05, 4.69) is 16.4 Å². The maximum absolute atomic E-state index is 13.0. The molecule has 0 saturated carbocycles. The second kappa shape index (κ2) is 12.2. The predicted molar refractivity (Wildman–Crippen MR) is 158 cm³/mol. The molecule has 10 heteroatoms. The van der Waals surface area contributed by atoms with Crippen molar-refractivity contribution in [1.82, 2.24) is 4.98 Å². The lowest BCUT2D eigenvalue weighted by molar-refractivity contribution is -0.113. The maximum Gasteiger partial charge on any atom is 0.237 e. The van der Waals surface area contributed by atoms with E-state index in [-0.39, 0.29) is 23.1 Å². The third-order valence-corrected chi connectivity index (χ3v) is 8.14. The van der Waals surface area contributed by atoms with E-state index in [1.165, 1.54) is 23.1 Å². The van der Waals surface area contributed by atoms with Gasteiger partial charge in [0.1, 0.15) is 34.6 Å². The van der Waals surface area contributed by atoms with Gasteiger partial charge in [0.25, 0.3) is 0 Å². The number of anilines is 1. The molecule has 5 aromatic rings. The molecule has 2 heterocycles. The average Bonchev–Trinajstić information content (AvgIpc) is 3.56. The Hall–Kier alpha value is -4.46. The Kier molecular flexibility index (Phi) is 8.24. The lowest BCUT2D eigenvalue weighted by Gasteiger charge is -2.06. The smallest absolute Gasteiger partial charge is 0.237 e. The highest BCUT2D eigenvalue weighted by molar-refractivity contribution is 8.01. The number of methoxy groups -OCH3 is 2. The van der Waals surface area contributed by atoms with E-state index in [9.17, 15) is 10.1 Å². The minimum atomic E-state index is -0.313. The van der Waals surface area contributed by atoms with Gasteiger partial charge in [-0.15, -0.1) is 11.3 Å². The topological polar surface area (TPSA) is 107 Å². The second-order valence-corrected chi connectivity index (χ2v) is 10.7. The number of carbonyl (C=O) groups excluding carboxylic acids is 1. The van der Waals surface area contributed by atoms with Gasteiger partial charge in [-0.1, -0.05) is 23.9 Å². The highest BCUT2D eigenvalue weighted by Gasteiger charge is 2.24. The van der Waals surface area contributed by atoms with Crippen molar-refractivity contribution in [3.8, 4) is 45.8 Å². The first-order valence-corrected chi connectivity index (χ1v) is 14.1. The molecular weight excluding hydrogens is 546 g/mol. The Balaban J connectivity index is 1.41. The van der Waals surface area contributed by atoms with Crippen LogP contribution in [0.2, 0.25) is 0 Å². The quantitative estimate of drug-likeness (QED) is 0.175. The van der Waals surface area contributed by atoms with Crippen LogP contribution < -0.4 is 19.5 Å². The third kappa shape index (κ3) is 5.76. The minimum Gasteiger partial charge on any atom is -0.497 e. The summed E-state index contributed by atoms with van der Waals surface area (Å²) < 4.78 is 24.0. The van der Waals surface area contributed by atoms with Gasteiger partial charge in [-0.3, -0.25) is 10.1 Å². The Morgan fingerprint density at radius 1 is 1.00 bits per heavy atom. The Morgan fingerprint density at radius 2 is 1.65 bits per heavy atom. The van der Waals surface area contributed by atoms with E-state index < -0.39 is 0 Å². The van der Waals surface area contributed by atoms with Crippen molar-refractivity contribution >= 4 is 45.1 Å². The van der Waals surface area contributed by atoms with Gasteiger partial charge in [0.05, 0.1) is 36.8 Å². The van der Waals surface area contributed by atoms with Crippen molar-refractivity contribution in [2.24, 2.45) is 0 Å². The van der Waals surface area contributed by atoms with Gasteiger partial charge in [0, 0.05) is 11.1 Å². The SMILES string of the molecule is CCOc1ccc2nc(SCC(=O)Nc3oc(-c4ccc(OC)cc4)c(-c4ccc(OC)cc4)c3C#N)sc2c1. The molecule has 0 saturated heterocycles. The number of benzene rings is 3. The van der Waals surface area contributed by atoms with Gasteiger partial charge in [0.15, 0.2) is 4.34 Å². The highest BCUT2D eigenvalue weighted by Crippen LogP contribution is 2.42. The van der Waals surface area contributed by atoms with Crippen LogP contribution in [0.15, 0.2) is 75.5 Å². The Morgan fingerprint density at radius 3 is 2.27 bits per heavy atom. The fourth-order valence-electron chi connectivity index (χ4n) is 4.10. The molecule has 0 aliphatic heterocycles. The third-order valence-electron chi connectivity index (χ3n) is 5.98. The van der Waals surface area contributed by atoms with Crippen molar-refractivity contribution in [1.29, 1.82) is 5.26 Å². The summed E-state index contributed by atoms with van der Waals surface area (Å²) >= 11 is 2.82. The van der Waals surface area contributed by atoms with E-state index in [0.717, 1.165) is 31.4 Å². The number of ether oxygens (including phenoxy) is 3. The summed E-state index contributed by atoms with van der Waals surface area (Å²) in [5.74, 6) is 2.50. The molecule has 1 N–H and O–H groups in total. The lowest BCUT2D eigenvalue weighted by atomic mass is 9.98. The molecule has 0 radical (unpaired) electrons. The molecule has 0 fully saturated rings. The highest BCUT2D eigenvalue weighted by atomic mass is 32.2. The van der Waals surface area contributed by atoms with E-state index in [1.54, 1.807) is 14.2 Å². The summed E-state index contributed by atoms with van der Waals surface area (Å²) in [6, 6.07) is 22.6. The van der Waals surface area contributed by atoms with E-state index in [4.69, 9.17) is 18.6 Å². The van der Waals surface area contributed by atoms with Crippen LogP contribution in [0, 0.1) is 11.3 Å². The number of nitrogens with zero attached hydrogens (tertiary/aromatic N) is 2. The number of nitrogens with one attached hydrogen (secondary N) is 1. The Labute approximate surface area is 239 Å². The summed E-state index contributed by atoms with van der Waals surface area (Å²) in [7, 11) is 3.19. The first-order chi connectivity index (χ1) is 19.5. The molecule has 0 bridgehead atoms. The van der Waals surface area contributed by atoms with E-state index in [1.807, 2.05) is 73.7 Å². The first kappa shape index (κ1) is 27.1. The second-order valence-electron chi connectivity index (χ2n) is 8.46. The van der Waals surface area contributed by atoms with Crippen LogP contribution in [0.5, 0.6) is 17.2 Å². The number of hydrogen-bond donors (Lipinski definition) is 1. The van der Waals surface area contributed by atoms with Crippen molar-refractivity contribution in [3.05, 3.63) is 72.3 Å². The van der Waals surface area contributed by atoms with Crippen LogP contribution in [0.4, 0.5) is 5.88 Å². The van der Waals surface area contributed by atoms with Crippen LogP contribution in [-0.2, 0) is 4.79 Å². The number of aromatic nitrogens is 1. The van der Waals surface area contributed by atoms with Gasteiger partial charge in [-0.05, 0) is 67.1 Å². The molecule has 202 valence electrons. The average molecular weight is 572 g/mol. The van der Waals surface area contributed by atoms with E-state index >= 15 is 0 Å². The minimum absolute atomic E-state index is 0.0930. The molecule has 8 nitrogen and oxygen atoms in total. The van der Waals surface area contributed by atoms with Gasteiger partial charge in [-0.25, -0.2) is 4.98 Å². The van der Waals surface area contributed by atoms with Gasteiger partial charge < -0.3 is 18.6 Å². The standard InChI is InChI=1S/C30H25N3O5S2/c1-4-37-22-13-14-24-25(15-22)40-30(32-24)39-17-26(34)33-29-23(16-31)27(18-5-9-20(35-2)10-6-18)28(38-29)19-7-11-21(36-3)12-8-19/h5-15H,4,17H2,1-3H3,(H,33,34). The molecule has 2 aromatic heterocycles. The largest absolute Gasteiger partial charge is 0.497 e. The number of nitriles is 1. The molecule has 5 rings (SSSR count). The van der Waals surface area contributed by atoms with Crippen LogP contribution in [0.25, 0.3) is 32.7 Å². The number of fused-ring (bicyclic) bond motifs is 1. The van der Waals surface area contributed by atoms with Gasteiger partial charge in [-0.2, -0.15) is 5.26 Å². The molecule has 0 atom stereocenters. The number of hydrogen-bond acceptors (Lipinski definition) is 9. The zero-order chi connectivity index (χ0) is 28.1. The van der Waals surface area contributed by atoms with Crippen LogP contribution in [0.3, 0.4) is 0 Å². The number of thiazole rings is 1. The Bertz CT molecular complexity index is 1690. The first-order valence-electron chi connectivity index (χ1n) is 12.3. The number of carbonyl (C=O) groups is 1. The zero-order valence-corrected chi connectivity index (χ0v) is 23.7. The molecule has 40 heavy (non-hydrogen) atoms. The lowest BCUT2D eigenvalue weighted by Crippen LogP contribution is -2.14. The molecule has 0 spiro atoms. The molecule has 0 aliphatic carbocycles. The molecule has 0 unspecified atom stereocenters. The summed E-state index contributed by atoms with van der Waals surface area (Å²) in [4.78, 5) is 17.6. The molecule has 1 amide bonds. The number of furan rings is 1. The van der Waals surface area contributed by atoms with Crippen molar-refractivity contribution in [2.75, 3.05) is 31.9 Å². The van der Waals surface area contributed by atoms with Crippen molar-refractivity contribution in [2.45, 2.75) is 11.3 Å². The van der Waals surface area contributed by atoms with Crippen molar-refractivity contribution in [3.63, 3.8) is 0 Å². The van der Waals surface area contributed by atoms with Crippen LogP contribution in [-0.4, -0.2) is 37.5 Å². The fourth-order valence-corrected chi connectivity index (χ4v) is 5.99. The number of thioether (sulfide) groups is 1. The number of rotatable bonds is 10. The van der Waals surface area contributed by atoms with Gasteiger partial charge in [0.2, 0.25) is 11.8 Å².